The van der Waals surface area contributed by atoms with E-state index in [2.05, 4.69) is 50.0 Å². The van der Waals surface area contributed by atoms with Gasteiger partial charge in [0, 0.05) is 28.8 Å². The quantitative estimate of drug-likeness (QED) is 0.616. The van der Waals surface area contributed by atoms with E-state index in [1.165, 1.54) is 11.6 Å². The van der Waals surface area contributed by atoms with Gasteiger partial charge in [-0.25, -0.2) is 4.39 Å². The third-order valence-electron chi connectivity index (χ3n) is 5.33. The Labute approximate surface area is 158 Å². The second kappa shape index (κ2) is 6.86. The molecule has 0 fully saturated rings. The highest BCUT2D eigenvalue weighted by molar-refractivity contribution is 5.86. The molecule has 3 aromatic rings. The Bertz CT molecular complexity index is 998. The van der Waals surface area contributed by atoms with Crippen molar-refractivity contribution in [2.75, 3.05) is 0 Å². The highest BCUT2D eigenvalue weighted by Crippen LogP contribution is 2.38. The van der Waals surface area contributed by atoms with E-state index in [-0.39, 0.29) is 17.3 Å². The molecule has 0 spiro atoms. The zero-order chi connectivity index (χ0) is 19.0. The van der Waals surface area contributed by atoms with E-state index < -0.39 is 6.23 Å². The van der Waals surface area contributed by atoms with Gasteiger partial charge in [0.15, 0.2) is 6.23 Å². The zero-order valence-electron chi connectivity index (χ0n) is 15.8. The fourth-order valence-electron chi connectivity index (χ4n) is 3.84. The molecule has 138 valence electrons. The number of hydrogen-bond donors (Lipinski definition) is 0. The second-order valence-corrected chi connectivity index (χ2v) is 7.67. The lowest BCUT2D eigenvalue weighted by atomic mass is 9.81. The molecule has 27 heavy (non-hydrogen) atoms. The van der Waals surface area contributed by atoms with Gasteiger partial charge >= 0.3 is 0 Å². The number of hydrogen-bond acceptors (Lipinski definition) is 3. The Hall–Kier alpha value is -2.59. The van der Waals surface area contributed by atoms with E-state index in [0.29, 0.717) is 5.52 Å². The van der Waals surface area contributed by atoms with Crippen molar-refractivity contribution in [2.24, 2.45) is 10.9 Å². The van der Waals surface area contributed by atoms with Gasteiger partial charge in [0.25, 0.3) is 0 Å². The van der Waals surface area contributed by atoms with Crippen molar-refractivity contribution < 1.29 is 9.13 Å². The van der Waals surface area contributed by atoms with Crippen molar-refractivity contribution in [2.45, 2.75) is 39.0 Å². The monoisotopic (exact) mass is 362 g/mol. The van der Waals surface area contributed by atoms with Crippen molar-refractivity contribution in [3.05, 3.63) is 77.7 Å². The summed E-state index contributed by atoms with van der Waals surface area (Å²) in [6.07, 6.45) is 2.13. The van der Waals surface area contributed by atoms with Crippen LogP contribution in [0.5, 0.6) is 0 Å². The van der Waals surface area contributed by atoms with Crippen LogP contribution in [0.4, 0.5) is 4.39 Å². The summed E-state index contributed by atoms with van der Waals surface area (Å²) in [5, 5.41) is 0.758. The predicted octanol–water partition coefficient (Wildman–Crippen LogP) is 5.50. The summed E-state index contributed by atoms with van der Waals surface area (Å²) in [6.45, 7) is 6.29. The van der Waals surface area contributed by atoms with Crippen molar-refractivity contribution in [3.63, 3.8) is 0 Å². The average molecular weight is 362 g/mol. The van der Waals surface area contributed by atoms with E-state index in [4.69, 9.17) is 9.73 Å². The first kappa shape index (κ1) is 17.8. The van der Waals surface area contributed by atoms with Crippen molar-refractivity contribution in [1.29, 1.82) is 0 Å². The molecule has 0 radical (unpaired) electrons. The molecule has 1 aromatic heterocycles. The molecule has 2 unspecified atom stereocenters. The van der Waals surface area contributed by atoms with Crippen molar-refractivity contribution in [3.8, 4) is 0 Å². The molecule has 1 aliphatic heterocycles. The zero-order valence-corrected chi connectivity index (χ0v) is 15.8. The Kier molecular flexibility index (Phi) is 4.52. The summed E-state index contributed by atoms with van der Waals surface area (Å²) in [4.78, 5) is 9.11. The van der Waals surface area contributed by atoms with E-state index in [0.717, 1.165) is 23.1 Å². The molecule has 0 bridgehead atoms. The van der Waals surface area contributed by atoms with Crippen LogP contribution < -0.4 is 0 Å². The smallest absolute Gasteiger partial charge is 0.176 e. The molecule has 0 N–H and O–H groups in total. The van der Waals surface area contributed by atoms with Gasteiger partial charge < -0.3 is 4.74 Å². The van der Waals surface area contributed by atoms with Crippen LogP contribution in [0.15, 0.2) is 65.8 Å². The molecule has 0 saturated heterocycles. The summed E-state index contributed by atoms with van der Waals surface area (Å²) < 4.78 is 20.3. The first-order valence-corrected chi connectivity index (χ1v) is 9.24. The van der Waals surface area contributed by atoms with E-state index in [1.54, 1.807) is 12.3 Å². The Morgan fingerprint density at radius 1 is 1.07 bits per heavy atom. The van der Waals surface area contributed by atoms with Crippen LogP contribution in [-0.4, -0.2) is 16.3 Å². The molecular weight excluding hydrogens is 339 g/mol. The number of para-hydroxylation sites is 1. The van der Waals surface area contributed by atoms with Gasteiger partial charge in [-0.3, -0.25) is 9.98 Å². The van der Waals surface area contributed by atoms with Crippen LogP contribution in [0.3, 0.4) is 0 Å². The molecule has 2 heterocycles. The molecule has 0 saturated carbocycles. The number of aliphatic imine (C=N–C) groups is 1. The van der Waals surface area contributed by atoms with Crippen LogP contribution in [0.1, 0.15) is 38.1 Å². The molecule has 2 atom stereocenters. The SMILES string of the molecule is CC1=NC(c2cnc3c(F)cccc3c2)OC(C)(C)C1Cc1ccccc1. The maximum atomic E-state index is 13.9. The minimum Gasteiger partial charge on any atom is -0.346 e. The van der Waals surface area contributed by atoms with Gasteiger partial charge in [0.05, 0.1) is 5.60 Å². The summed E-state index contributed by atoms with van der Waals surface area (Å²) >= 11 is 0. The molecule has 3 nitrogen and oxygen atoms in total. The van der Waals surface area contributed by atoms with E-state index in [9.17, 15) is 4.39 Å². The molecule has 0 amide bonds. The molecule has 0 aliphatic carbocycles. The Balaban J connectivity index is 1.66. The van der Waals surface area contributed by atoms with Crippen LogP contribution in [0.2, 0.25) is 0 Å². The van der Waals surface area contributed by atoms with Crippen molar-refractivity contribution in [1.82, 2.24) is 4.98 Å². The van der Waals surface area contributed by atoms with Crippen LogP contribution in [0, 0.1) is 11.7 Å². The van der Waals surface area contributed by atoms with Crippen LogP contribution >= 0.6 is 0 Å². The van der Waals surface area contributed by atoms with Gasteiger partial charge in [-0.2, -0.15) is 0 Å². The average Bonchev–Trinajstić information content (AvgIpc) is 2.65. The number of pyridine rings is 1. The largest absolute Gasteiger partial charge is 0.346 e. The molecular formula is C23H23FN2O. The van der Waals surface area contributed by atoms with Crippen molar-refractivity contribution >= 4 is 16.6 Å². The third kappa shape index (κ3) is 3.50. The number of fused-ring (bicyclic) bond motifs is 1. The summed E-state index contributed by atoms with van der Waals surface area (Å²) in [5.41, 5.74) is 3.19. The molecule has 2 aromatic carbocycles. The highest BCUT2D eigenvalue weighted by atomic mass is 19.1. The normalized spacial score (nSPS) is 21.9. The summed E-state index contributed by atoms with van der Waals surface area (Å²) in [5.74, 6) is -0.117. The van der Waals surface area contributed by atoms with Gasteiger partial charge in [0.2, 0.25) is 0 Å². The summed E-state index contributed by atoms with van der Waals surface area (Å²) in [7, 11) is 0. The number of nitrogens with zero attached hydrogens (tertiary/aromatic N) is 2. The number of aromatic nitrogens is 1. The van der Waals surface area contributed by atoms with Gasteiger partial charge in [-0.05, 0) is 44.9 Å². The second-order valence-electron chi connectivity index (χ2n) is 7.67. The highest BCUT2D eigenvalue weighted by Gasteiger charge is 2.39. The van der Waals surface area contributed by atoms with Gasteiger partial charge in [0.1, 0.15) is 11.3 Å². The number of halogens is 1. The number of rotatable bonds is 3. The van der Waals surface area contributed by atoms with Crippen LogP contribution in [0.25, 0.3) is 10.9 Å². The lowest BCUT2D eigenvalue weighted by Crippen LogP contribution is -2.44. The van der Waals surface area contributed by atoms with E-state index in [1.807, 2.05) is 18.2 Å². The minimum absolute atomic E-state index is 0.196. The third-order valence-corrected chi connectivity index (χ3v) is 5.33. The maximum absolute atomic E-state index is 13.9. The topological polar surface area (TPSA) is 34.5 Å². The molecule has 1 aliphatic rings. The fraction of sp³-hybridized carbons (Fsp3) is 0.304. The Morgan fingerprint density at radius 3 is 2.59 bits per heavy atom. The van der Waals surface area contributed by atoms with Crippen LogP contribution in [-0.2, 0) is 11.2 Å². The number of ether oxygens (including phenoxy) is 1. The minimum atomic E-state index is -0.424. The van der Waals surface area contributed by atoms with E-state index >= 15 is 0 Å². The molecule has 4 heteroatoms. The maximum Gasteiger partial charge on any atom is 0.176 e. The Morgan fingerprint density at radius 2 is 1.85 bits per heavy atom. The molecule has 4 rings (SSSR count). The lowest BCUT2D eigenvalue weighted by molar-refractivity contribution is -0.100. The van der Waals surface area contributed by atoms with Gasteiger partial charge in [-0.15, -0.1) is 0 Å². The summed E-state index contributed by atoms with van der Waals surface area (Å²) in [6, 6.07) is 17.3. The lowest BCUT2D eigenvalue weighted by Gasteiger charge is -2.41. The predicted molar refractivity (Wildman–Crippen MR) is 106 cm³/mol. The standard InChI is InChI=1S/C23H23FN2O/c1-15-19(12-16-8-5-4-6-9-16)23(2,3)27-22(26-15)18-13-17-10-7-11-20(24)21(17)25-14-18/h4-11,13-14,19,22H,12H2,1-3H3. The fourth-order valence-corrected chi connectivity index (χ4v) is 3.84. The number of benzene rings is 2. The first-order chi connectivity index (χ1) is 12.9. The first-order valence-electron chi connectivity index (χ1n) is 9.24. The van der Waals surface area contributed by atoms with Gasteiger partial charge in [-0.1, -0.05) is 42.5 Å².